The van der Waals surface area contributed by atoms with Crippen LogP contribution in [-0.2, 0) is 4.79 Å². The topological polar surface area (TPSA) is 85.8 Å². The maximum absolute atomic E-state index is 13.1. The fourth-order valence-corrected chi connectivity index (χ4v) is 3.37. The number of anilines is 1. The van der Waals surface area contributed by atoms with Crippen LogP contribution in [0.2, 0.25) is 0 Å². The fourth-order valence-electron chi connectivity index (χ4n) is 2.60. The number of carbonyl (C=O) groups excluding carboxylic acids is 1. The van der Waals surface area contributed by atoms with E-state index in [1.165, 1.54) is 28.6 Å². The van der Waals surface area contributed by atoms with Crippen molar-refractivity contribution in [3.8, 4) is 11.4 Å². The number of hydrogen-bond acceptors (Lipinski definition) is 5. The van der Waals surface area contributed by atoms with E-state index in [0.29, 0.717) is 16.5 Å². The number of nitrogens with zero attached hydrogens (tertiary/aromatic N) is 3. The minimum absolute atomic E-state index is 0.149. The number of hydrogen-bond donors (Lipinski definition) is 2. The summed E-state index contributed by atoms with van der Waals surface area (Å²) in [5.74, 6) is 5.98. The molecule has 8 heteroatoms. The van der Waals surface area contributed by atoms with E-state index in [2.05, 4.69) is 15.5 Å². The summed E-state index contributed by atoms with van der Waals surface area (Å²) in [7, 11) is 0. The lowest BCUT2D eigenvalue weighted by atomic mass is 10.1. The van der Waals surface area contributed by atoms with E-state index in [9.17, 15) is 9.18 Å². The van der Waals surface area contributed by atoms with E-state index in [-0.39, 0.29) is 11.7 Å². The van der Waals surface area contributed by atoms with Crippen LogP contribution in [0.4, 0.5) is 10.1 Å². The lowest BCUT2D eigenvalue weighted by Gasteiger charge is -2.15. The minimum Gasteiger partial charge on any atom is -0.335 e. The molecule has 1 amide bonds. The van der Waals surface area contributed by atoms with Gasteiger partial charge in [-0.2, -0.15) is 0 Å². The van der Waals surface area contributed by atoms with Gasteiger partial charge in [-0.1, -0.05) is 30.0 Å². The van der Waals surface area contributed by atoms with Gasteiger partial charge >= 0.3 is 0 Å². The Hall–Kier alpha value is -2.87. The zero-order valence-electron chi connectivity index (χ0n) is 15.2. The van der Waals surface area contributed by atoms with E-state index < -0.39 is 5.25 Å². The highest BCUT2D eigenvalue weighted by molar-refractivity contribution is 8.00. The fraction of sp³-hybridized carbons (Fsp3) is 0.211. The lowest BCUT2D eigenvalue weighted by Crippen LogP contribution is -2.24. The van der Waals surface area contributed by atoms with Crippen molar-refractivity contribution < 1.29 is 9.18 Å². The predicted molar refractivity (Wildman–Crippen MR) is 105 cm³/mol. The summed E-state index contributed by atoms with van der Waals surface area (Å²) in [5, 5.41) is 11.0. The molecule has 0 saturated heterocycles. The second-order valence-electron chi connectivity index (χ2n) is 6.20. The summed E-state index contributed by atoms with van der Waals surface area (Å²) in [5.41, 5.74) is 3.46. The first-order valence-electron chi connectivity index (χ1n) is 8.37. The Morgan fingerprint density at radius 1 is 1.15 bits per heavy atom. The van der Waals surface area contributed by atoms with E-state index in [0.717, 1.165) is 16.8 Å². The molecule has 0 bridgehead atoms. The largest absolute Gasteiger partial charge is 0.335 e. The van der Waals surface area contributed by atoms with Crippen molar-refractivity contribution in [2.24, 2.45) is 0 Å². The summed E-state index contributed by atoms with van der Waals surface area (Å²) in [6.07, 6.45) is 0. The third kappa shape index (κ3) is 4.11. The van der Waals surface area contributed by atoms with Crippen LogP contribution < -0.4 is 11.2 Å². The Balaban J connectivity index is 1.73. The molecule has 1 heterocycles. The highest BCUT2D eigenvalue weighted by Crippen LogP contribution is 2.26. The highest BCUT2D eigenvalue weighted by atomic mass is 32.2. The third-order valence-electron chi connectivity index (χ3n) is 4.15. The number of halogens is 1. The van der Waals surface area contributed by atoms with Gasteiger partial charge in [-0.05, 0) is 56.2 Å². The summed E-state index contributed by atoms with van der Waals surface area (Å²) < 4.78 is 14.4. The Morgan fingerprint density at radius 2 is 1.78 bits per heavy atom. The van der Waals surface area contributed by atoms with Crippen molar-refractivity contribution in [3.05, 3.63) is 59.4 Å². The van der Waals surface area contributed by atoms with Crippen LogP contribution in [0.25, 0.3) is 11.4 Å². The molecule has 0 aliphatic heterocycles. The highest BCUT2D eigenvalue weighted by Gasteiger charge is 2.21. The van der Waals surface area contributed by atoms with Gasteiger partial charge in [0, 0.05) is 11.3 Å². The smallest absolute Gasteiger partial charge is 0.237 e. The quantitative estimate of drug-likeness (QED) is 0.518. The first-order chi connectivity index (χ1) is 12.9. The summed E-state index contributed by atoms with van der Waals surface area (Å²) >= 11 is 1.21. The second kappa shape index (κ2) is 7.79. The van der Waals surface area contributed by atoms with E-state index in [1.807, 2.05) is 32.0 Å². The van der Waals surface area contributed by atoms with Crippen molar-refractivity contribution in [2.45, 2.75) is 31.2 Å². The first kappa shape index (κ1) is 18.9. The second-order valence-corrected chi connectivity index (χ2v) is 7.51. The molecule has 140 valence electrons. The number of carbonyl (C=O) groups is 1. The molecule has 3 aromatic rings. The van der Waals surface area contributed by atoms with Gasteiger partial charge < -0.3 is 11.2 Å². The van der Waals surface area contributed by atoms with Crippen molar-refractivity contribution in [1.82, 2.24) is 14.9 Å². The molecule has 0 spiro atoms. The Kier molecular flexibility index (Phi) is 5.46. The average molecular weight is 385 g/mol. The van der Waals surface area contributed by atoms with Gasteiger partial charge in [0.25, 0.3) is 0 Å². The van der Waals surface area contributed by atoms with E-state index >= 15 is 0 Å². The van der Waals surface area contributed by atoms with Crippen molar-refractivity contribution in [2.75, 3.05) is 11.2 Å². The van der Waals surface area contributed by atoms with Gasteiger partial charge in [0.2, 0.25) is 11.1 Å². The summed E-state index contributed by atoms with van der Waals surface area (Å²) in [4.78, 5) is 12.6. The minimum atomic E-state index is -0.434. The van der Waals surface area contributed by atoms with Gasteiger partial charge in [0.1, 0.15) is 5.82 Å². The van der Waals surface area contributed by atoms with Crippen LogP contribution in [0.1, 0.15) is 18.1 Å². The first-order valence-corrected chi connectivity index (χ1v) is 9.25. The molecule has 0 aliphatic rings. The molecule has 2 aromatic carbocycles. The van der Waals surface area contributed by atoms with Gasteiger partial charge in [-0.15, -0.1) is 10.2 Å². The molecule has 0 aliphatic carbocycles. The summed E-state index contributed by atoms with van der Waals surface area (Å²) in [6.45, 7) is 5.68. The molecule has 1 aromatic heterocycles. The number of para-hydroxylation sites is 1. The molecule has 27 heavy (non-hydrogen) atoms. The zero-order valence-corrected chi connectivity index (χ0v) is 16.0. The number of nitrogen functional groups attached to an aromatic ring is 1. The number of aromatic nitrogens is 3. The molecular weight excluding hydrogens is 365 g/mol. The number of nitrogens with one attached hydrogen (secondary N) is 1. The Bertz CT molecular complexity index is 950. The number of amides is 1. The van der Waals surface area contributed by atoms with Crippen molar-refractivity contribution >= 4 is 23.4 Å². The molecule has 0 fully saturated rings. The van der Waals surface area contributed by atoms with Crippen LogP contribution >= 0.6 is 11.8 Å². The number of rotatable bonds is 5. The number of nitrogens with two attached hydrogens (primary N) is 1. The Morgan fingerprint density at radius 3 is 2.41 bits per heavy atom. The molecule has 0 radical (unpaired) electrons. The van der Waals surface area contributed by atoms with Gasteiger partial charge in [0.15, 0.2) is 5.82 Å². The summed E-state index contributed by atoms with van der Waals surface area (Å²) in [6, 6.07) is 11.7. The SMILES string of the molecule is Cc1cccc(C)c1NC(=O)C(C)Sc1nnc(-c2ccc(F)cc2)n1N. The van der Waals surface area contributed by atoms with Crippen LogP contribution in [0.3, 0.4) is 0 Å². The maximum Gasteiger partial charge on any atom is 0.237 e. The molecule has 3 rings (SSSR count). The van der Waals surface area contributed by atoms with Crippen LogP contribution in [0, 0.1) is 19.7 Å². The standard InChI is InChI=1S/C19H20FN5OS/c1-11-5-4-6-12(2)16(11)22-18(26)13(3)27-19-24-23-17(25(19)21)14-7-9-15(20)10-8-14/h4-10,13H,21H2,1-3H3,(H,22,26). The van der Waals surface area contributed by atoms with Gasteiger partial charge in [0.05, 0.1) is 5.25 Å². The zero-order chi connectivity index (χ0) is 19.6. The van der Waals surface area contributed by atoms with Crippen LogP contribution in [0.5, 0.6) is 0 Å². The lowest BCUT2D eigenvalue weighted by molar-refractivity contribution is -0.115. The Labute approximate surface area is 161 Å². The monoisotopic (exact) mass is 385 g/mol. The number of benzene rings is 2. The average Bonchev–Trinajstić information content (AvgIpc) is 2.99. The molecular formula is C19H20FN5OS. The van der Waals surface area contributed by atoms with Gasteiger partial charge in [-0.25, -0.2) is 9.07 Å². The third-order valence-corrected chi connectivity index (χ3v) is 5.20. The van der Waals surface area contributed by atoms with Crippen LogP contribution in [-0.4, -0.2) is 26.0 Å². The van der Waals surface area contributed by atoms with Crippen molar-refractivity contribution in [1.29, 1.82) is 0 Å². The molecule has 1 unspecified atom stereocenters. The number of aryl methyl sites for hydroxylation is 2. The predicted octanol–water partition coefficient (Wildman–Crippen LogP) is 3.53. The van der Waals surface area contributed by atoms with Gasteiger partial charge in [-0.3, -0.25) is 4.79 Å². The molecule has 0 saturated carbocycles. The van der Waals surface area contributed by atoms with Crippen molar-refractivity contribution in [3.63, 3.8) is 0 Å². The molecule has 1 atom stereocenters. The normalized spacial score (nSPS) is 12.0. The van der Waals surface area contributed by atoms with E-state index in [1.54, 1.807) is 19.1 Å². The molecule has 6 nitrogen and oxygen atoms in total. The molecule has 3 N–H and O–H groups in total. The maximum atomic E-state index is 13.1. The van der Waals surface area contributed by atoms with Crippen LogP contribution in [0.15, 0.2) is 47.6 Å². The number of thioether (sulfide) groups is 1. The van der Waals surface area contributed by atoms with E-state index in [4.69, 9.17) is 5.84 Å².